The van der Waals surface area contributed by atoms with Crippen molar-refractivity contribution in [2.75, 3.05) is 5.32 Å². The SMILES string of the molecule is Cc1cc(Cc2nc(NC3CCCC3)c3c(ccn3-c3cnn(C)c3)n2)sn1. The van der Waals surface area contributed by atoms with Crippen LogP contribution >= 0.6 is 11.5 Å². The maximum atomic E-state index is 4.94. The lowest BCUT2D eigenvalue weighted by Gasteiger charge is -2.16. The molecule has 5 rings (SSSR count). The topological polar surface area (TPSA) is 73.5 Å². The van der Waals surface area contributed by atoms with Gasteiger partial charge >= 0.3 is 0 Å². The Balaban J connectivity index is 1.59. The fourth-order valence-corrected chi connectivity index (χ4v) is 4.67. The summed E-state index contributed by atoms with van der Waals surface area (Å²) in [5.41, 5.74) is 4.04. The van der Waals surface area contributed by atoms with Crippen molar-refractivity contribution in [1.29, 1.82) is 0 Å². The molecule has 0 bridgehead atoms. The Labute approximate surface area is 167 Å². The Morgan fingerprint density at radius 2 is 2.11 bits per heavy atom. The minimum atomic E-state index is 0.480. The van der Waals surface area contributed by atoms with Gasteiger partial charge < -0.3 is 9.88 Å². The number of anilines is 1. The van der Waals surface area contributed by atoms with E-state index >= 15 is 0 Å². The molecule has 28 heavy (non-hydrogen) atoms. The molecule has 4 heterocycles. The summed E-state index contributed by atoms with van der Waals surface area (Å²) in [6, 6.07) is 4.66. The molecule has 0 spiro atoms. The smallest absolute Gasteiger partial charge is 0.154 e. The number of nitrogens with one attached hydrogen (secondary N) is 1. The summed E-state index contributed by atoms with van der Waals surface area (Å²) in [7, 11) is 1.93. The molecule has 1 fully saturated rings. The second-order valence-electron chi connectivity index (χ2n) is 7.52. The van der Waals surface area contributed by atoms with Crippen molar-refractivity contribution >= 4 is 28.4 Å². The second kappa shape index (κ2) is 7.01. The molecule has 1 aliphatic rings. The van der Waals surface area contributed by atoms with Gasteiger partial charge in [0, 0.05) is 36.8 Å². The van der Waals surface area contributed by atoms with Crippen LogP contribution in [0, 0.1) is 6.92 Å². The lowest BCUT2D eigenvalue weighted by molar-refractivity contribution is 0.749. The van der Waals surface area contributed by atoms with Gasteiger partial charge in [0.1, 0.15) is 11.3 Å². The number of aryl methyl sites for hydroxylation is 2. The van der Waals surface area contributed by atoms with Gasteiger partial charge in [0.2, 0.25) is 0 Å². The third-order valence-electron chi connectivity index (χ3n) is 5.25. The van der Waals surface area contributed by atoms with E-state index in [9.17, 15) is 0 Å². The van der Waals surface area contributed by atoms with Gasteiger partial charge in [-0.3, -0.25) is 4.68 Å². The van der Waals surface area contributed by atoms with Crippen LogP contribution in [0.5, 0.6) is 0 Å². The molecule has 0 aliphatic heterocycles. The first-order chi connectivity index (χ1) is 13.7. The van der Waals surface area contributed by atoms with Crippen LogP contribution in [-0.2, 0) is 13.5 Å². The van der Waals surface area contributed by atoms with E-state index in [0.717, 1.165) is 34.1 Å². The molecule has 0 saturated heterocycles. The minimum absolute atomic E-state index is 0.480. The highest BCUT2D eigenvalue weighted by Crippen LogP contribution is 2.29. The van der Waals surface area contributed by atoms with Gasteiger partial charge in [-0.25, -0.2) is 9.97 Å². The largest absolute Gasteiger partial charge is 0.365 e. The van der Waals surface area contributed by atoms with Crippen LogP contribution in [-0.4, -0.2) is 34.7 Å². The molecule has 144 valence electrons. The van der Waals surface area contributed by atoms with Gasteiger partial charge in [0.05, 0.1) is 23.1 Å². The molecule has 0 aromatic carbocycles. The van der Waals surface area contributed by atoms with Crippen molar-refractivity contribution in [2.24, 2.45) is 7.05 Å². The number of hydrogen-bond acceptors (Lipinski definition) is 6. The van der Waals surface area contributed by atoms with Crippen molar-refractivity contribution in [3.05, 3.63) is 47.1 Å². The third-order valence-corrected chi connectivity index (χ3v) is 6.13. The van der Waals surface area contributed by atoms with E-state index in [-0.39, 0.29) is 0 Å². The summed E-state index contributed by atoms with van der Waals surface area (Å²) in [6.45, 7) is 2.02. The zero-order chi connectivity index (χ0) is 19.1. The molecule has 0 unspecified atom stereocenters. The maximum Gasteiger partial charge on any atom is 0.154 e. The fourth-order valence-electron chi connectivity index (χ4n) is 3.94. The maximum absolute atomic E-state index is 4.94. The van der Waals surface area contributed by atoms with E-state index < -0.39 is 0 Å². The Bertz CT molecular complexity index is 1120. The molecule has 1 saturated carbocycles. The average Bonchev–Trinajstić information content (AvgIpc) is 3.43. The second-order valence-corrected chi connectivity index (χ2v) is 8.41. The van der Waals surface area contributed by atoms with Gasteiger partial charge in [-0.1, -0.05) is 12.8 Å². The highest BCUT2D eigenvalue weighted by atomic mass is 32.1. The molecular weight excluding hydrogens is 370 g/mol. The summed E-state index contributed by atoms with van der Waals surface area (Å²) >= 11 is 1.53. The Kier molecular flexibility index (Phi) is 4.35. The summed E-state index contributed by atoms with van der Waals surface area (Å²) in [4.78, 5) is 11.0. The molecule has 1 aliphatic carbocycles. The monoisotopic (exact) mass is 393 g/mol. The third kappa shape index (κ3) is 3.28. The number of hydrogen-bond donors (Lipinski definition) is 1. The highest BCUT2D eigenvalue weighted by Gasteiger charge is 2.20. The number of aromatic nitrogens is 6. The minimum Gasteiger partial charge on any atom is -0.365 e. The molecule has 4 aromatic rings. The number of nitrogens with zero attached hydrogens (tertiary/aromatic N) is 6. The van der Waals surface area contributed by atoms with Crippen LogP contribution in [0.1, 0.15) is 42.1 Å². The van der Waals surface area contributed by atoms with E-state index in [0.29, 0.717) is 12.5 Å². The first-order valence-electron chi connectivity index (χ1n) is 9.71. The molecule has 0 atom stereocenters. The van der Waals surface area contributed by atoms with Gasteiger partial charge in [0.25, 0.3) is 0 Å². The lowest BCUT2D eigenvalue weighted by Crippen LogP contribution is -2.17. The normalized spacial score (nSPS) is 14.9. The molecule has 0 amide bonds. The lowest BCUT2D eigenvalue weighted by atomic mass is 10.2. The van der Waals surface area contributed by atoms with Crippen molar-refractivity contribution in [3.63, 3.8) is 0 Å². The van der Waals surface area contributed by atoms with E-state index in [1.807, 2.05) is 31.0 Å². The average molecular weight is 394 g/mol. The van der Waals surface area contributed by atoms with Gasteiger partial charge in [-0.05, 0) is 43.4 Å². The van der Waals surface area contributed by atoms with Gasteiger partial charge in [-0.2, -0.15) is 9.47 Å². The molecule has 4 aromatic heterocycles. The van der Waals surface area contributed by atoms with Crippen LogP contribution in [0.25, 0.3) is 16.7 Å². The molecule has 8 heteroatoms. The van der Waals surface area contributed by atoms with Gasteiger partial charge in [0.15, 0.2) is 5.82 Å². The zero-order valence-corrected chi connectivity index (χ0v) is 16.9. The molecule has 1 N–H and O–H groups in total. The fraction of sp³-hybridized carbons (Fsp3) is 0.400. The molecule has 0 radical (unpaired) electrons. The van der Waals surface area contributed by atoms with Crippen molar-refractivity contribution in [3.8, 4) is 5.69 Å². The molecule has 7 nitrogen and oxygen atoms in total. The predicted octanol–water partition coefficient (Wildman–Crippen LogP) is 3.86. The summed E-state index contributed by atoms with van der Waals surface area (Å²) < 4.78 is 8.32. The number of fused-ring (bicyclic) bond motifs is 1. The molecular formula is C20H23N7S. The Morgan fingerprint density at radius 3 is 2.82 bits per heavy atom. The van der Waals surface area contributed by atoms with E-state index in [1.165, 1.54) is 42.1 Å². The van der Waals surface area contributed by atoms with Crippen molar-refractivity contribution in [2.45, 2.75) is 45.1 Å². The summed E-state index contributed by atoms with van der Waals surface area (Å²) in [5, 5.41) is 8.02. The van der Waals surface area contributed by atoms with E-state index in [2.05, 4.69) is 37.7 Å². The van der Waals surface area contributed by atoms with Crippen LogP contribution in [0.3, 0.4) is 0 Å². The first kappa shape index (κ1) is 17.4. The number of rotatable bonds is 5. The van der Waals surface area contributed by atoms with E-state index in [1.54, 1.807) is 0 Å². The zero-order valence-electron chi connectivity index (χ0n) is 16.1. The van der Waals surface area contributed by atoms with E-state index in [4.69, 9.17) is 9.97 Å². The van der Waals surface area contributed by atoms with Crippen LogP contribution in [0.2, 0.25) is 0 Å². The quantitative estimate of drug-likeness (QED) is 0.557. The highest BCUT2D eigenvalue weighted by molar-refractivity contribution is 7.05. The van der Waals surface area contributed by atoms with Crippen molar-refractivity contribution in [1.82, 2.24) is 28.7 Å². The standard InChI is InChI=1S/C20H23N7S/c1-13-9-16(28-25-13)10-18-23-17-7-8-27(15-11-21-26(2)12-15)19(17)20(24-18)22-14-5-3-4-6-14/h7-9,11-12,14H,3-6,10H2,1-2H3,(H,22,23,24). The predicted molar refractivity (Wildman–Crippen MR) is 111 cm³/mol. The summed E-state index contributed by atoms with van der Waals surface area (Å²) in [5.74, 6) is 1.75. The van der Waals surface area contributed by atoms with Crippen LogP contribution < -0.4 is 5.32 Å². The van der Waals surface area contributed by atoms with Crippen molar-refractivity contribution < 1.29 is 0 Å². The summed E-state index contributed by atoms with van der Waals surface area (Å²) in [6.07, 6.45) is 11.6. The van der Waals surface area contributed by atoms with Crippen LogP contribution in [0.4, 0.5) is 5.82 Å². The first-order valence-corrected chi connectivity index (χ1v) is 10.5. The Morgan fingerprint density at radius 1 is 1.25 bits per heavy atom. The Hall–Kier alpha value is -2.74. The van der Waals surface area contributed by atoms with Crippen LogP contribution in [0.15, 0.2) is 30.7 Å². The van der Waals surface area contributed by atoms with Gasteiger partial charge in [-0.15, -0.1) is 0 Å².